The second-order valence-corrected chi connectivity index (χ2v) is 5.09. The molecule has 9 heteroatoms. The first kappa shape index (κ1) is 13.6. The molecule has 0 spiro atoms. The lowest BCUT2D eigenvalue weighted by Gasteiger charge is -2.04. The van der Waals surface area contributed by atoms with Crippen LogP contribution in [-0.4, -0.2) is 19.7 Å². The number of imidazole rings is 1. The first-order valence-electron chi connectivity index (χ1n) is 5.75. The quantitative estimate of drug-likeness (QED) is 0.739. The van der Waals surface area contributed by atoms with Crippen molar-refractivity contribution in [1.29, 1.82) is 0 Å². The number of alkyl halides is 3. The molecule has 0 fully saturated rings. The van der Waals surface area contributed by atoms with Gasteiger partial charge in [-0.2, -0.15) is 13.2 Å². The third kappa shape index (κ3) is 2.59. The molecule has 0 amide bonds. The average Bonchev–Trinajstić information content (AvgIpc) is 3.07. The highest BCUT2D eigenvalue weighted by atomic mass is 32.1. The van der Waals surface area contributed by atoms with Crippen molar-refractivity contribution in [3.05, 3.63) is 41.7 Å². The highest BCUT2D eigenvalue weighted by Gasteiger charge is 2.36. The Bertz CT molecular complexity index is 777. The van der Waals surface area contributed by atoms with Crippen LogP contribution in [0.2, 0.25) is 0 Å². The lowest BCUT2D eigenvalue weighted by atomic mass is 10.2. The van der Waals surface area contributed by atoms with Crippen molar-refractivity contribution in [2.24, 2.45) is 0 Å². The number of benzene rings is 1. The van der Waals surface area contributed by atoms with Crippen LogP contribution in [0.25, 0.3) is 16.5 Å². The summed E-state index contributed by atoms with van der Waals surface area (Å²) in [6.07, 6.45) is -1.50. The number of nitrogen functional groups attached to an aromatic ring is 1. The summed E-state index contributed by atoms with van der Waals surface area (Å²) in [4.78, 5) is 4.14. The van der Waals surface area contributed by atoms with Gasteiger partial charge in [-0.3, -0.25) is 4.57 Å². The van der Waals surface area contributed by atoms with E-state index in [1.165, 1.54) is 17.0 Å². The highest BCUT2D eigenvalue weighted by Crippen LogP contribution is 2.33. The molecule has 0 aliphatic carbocycles. The summed E-state index contributed by atoms with van der Waals surface area (Å²) < 4.78 is 39.2. The molecule has 2 heterocycles. The Morgan fingerprint density at radius 2 is 2.00 bits per heavy atom. The summed E-state index contributed by atoms with van der Waals surface area (Å²) in [7, 11) is 0. The highest BCUT2D eigenvalue weighted by molar-refractivity contribution is 7.13. The van der Waals surface area contributed by atoms with E-state index in [9.17, 15) is 13.2 Å². The first-order chi connectivity index (χ1) is 9.95. The molecule has 2 aromatic heterocycles. The van der Waals surface area contributed by atoms with Gasteiger partial charge >= 0.3 is 6.18 Å². The fraction of sp³-hybridized carbons (Fsp3) is 0.0833. The summed E-state index contributed by atoms with van der Waals surface area (Å²) >= 11 is 0.455. The molecule has 1 aromatic carbocycles. The second-order valence-electron chi connectivity index (χ2n) is 4.13. The van der Waals surface area contributed by atoms with Crippen LogP contribution in [0.15, 0.2) is 36.7 Å². The number of nitrogens with zero attached hydrogens (tertiary/aromatic N) is 4. The van der Waals surface area contributed by atoms with E-state index in [1.54, 1.807) is 24.3 Å². The number of hydrogen-bond donors (Lipinski definition) is 1. The Morgan fingerprint density at radius 1 is 1.19 bits per heavy atom. The third-order valence-corrected chi connectivity index (χ3v) is 3.62. The van der Waals surface area contributed by atoms with Crippen molar-refractivity contribution in [3.63, 3.8) is 0 Å². The van der Waals surface area contributed by atoms with Crippen LogP contribution in [0, 0.1) is 0 Å². The average molecular weight is 311 g/mol. The van der Waals surface area contributed by atoms with Gasteiger partial charge in [0.2, 0.25) is 10.1 Å². The van der Waals surface area contributed by atoms with Gasteiger partial charge in [0.1, 0.15) is 5.82 Å². The van der Waals surface area contributed by atoms with E-state index in [0.717, 1.165) is 0 Å². The minimum absolute atomic E-state index is 0.0947. The van der Waals surface area contributed by atoms with Crippen LogP contribution >= 0.6 is 11.3 Å². The fourth-order valence-corrected chi connectivity index (χ4v) is 2.47. The SMILES string of the molecule is Nc1cccc(-c2nccn2-c2nnc(C(F)(F)F)s2)c1. The predicted molar refractivity (Wildman–Crippen MR) is 71.9 cm³/mol. The molecule has 0 unspecified atom stereocenters. The van der Waals surface area contributed by atoms with Crippen LogP contribution in [-0.2, 0) is 6.18 Å². The van der Waals surface area contributed by atoms with Gasteiger partial charge in [-0.15, -0.1) is 10.2 Å². The maximum atomic E-state index is 12.6. The van der Waals surface area contributed by atoms with E-state index in [4.69, 9.17) is 5.73 Å². The molecular weight excluding hydrogens is 303 g/mol. The Kier molecular flexibility index (Phi) is 3.13. The zero-order chi connectivity index (χ0) is 15.0. The van der Waals surface area contributed by atoms with E-state index < -0.39 is 11.2 Å². The zero-order valence-electron chi connectivity index (χ0n) is 10.4. The van der Waals surface area contributed by atoms with Crippen molar-refractivity contribution in [3.8, 4) is 16.5 Å². The molecule has 0 aliphatic rings. The molecule has 21 heavy (non-hydrogen) atoms. The summed E-state index contributed by atoms with van der Waals surface area (Å²) in [5, 5.41) is 5.84. The topological polar surface area (TPSA) is 69.6 Å². The lowest BCUT2D eigenvalue weighted by Crippen LogP contribution is -2.03. The Hall–Kier alpha value is -2.42. The first-order valence-corrected chi connectivity index (χ1v) is 6.57. The van der Waals surface area contributed by atoms with Crippen LogP contribution in [0.4, 0.5) is 18.9 Å². The molecule has 0 aliphatic heterocycles. The van der Waals surface area contributed by atoms with E-state index in [-0.39, 0.29) is 5.13 Å². The maximum Gasteiger partial charge on any atom is 0.445 e. The standard InChI is InChI=1S/C12H8F3N5S/c13-12(14,15)10-18-19-11(21-10)20-5-4-17-9(20)7-2-1-3-8(16)6-7/h1-6H,16H2. The fourth-order valence-electron chi connectivity index (χ4n) is 1.78. The number of hydrogen-bond acceptors (Lipinski definition) is 5. The maximum absolute atomic E-state index is 12.6. The van der Waals surface area contributed by atoms with Gasteiger partial charge in [-0.05, 0) is 12.1 Å². The molecule has 2 N–H and O–H groups in total. The molecular formula is C12H8F3N5S. The number of nitrogens with two attached hydrogens (primary N) is 1. The smallest absolute Gasteiger partial charge is 0.399 e. The number of aromatic nitrogens is 4. The molecule has 0 radical (unpaired) electrons. The van der Waals surface area contributed by atoms with Crippen LogP contribution in [0.1, 0.15) is 5.01 Å². The van der Waals surface area contributed by atoms with E-state index in [2.05, 4.69) is 15.2 Å². The van der Waals surface area contributed by atoms with Gasteiger partial charge in [-0.25, -0.2) is 4.98 Å². The van der Waals surface area contributed by atoms with Gasteiger partial charge in [0.25, 0.3) is 0 Å². The molecule has 0 atom stereocenters. The number of anilines is 1. The second kappa shape index (κ2) is 4.85. The van der Waals surface area contributed by atoms with E-state index in [0.29, 0.717) is 28.4 Å². The summed E-state index contributed by atoms with van der Waals surface area (Å²) in [5.41, 5.74) is 6.92. The number of rotatable bonds is 2. The minimum atomic E-state index is -4.51. The van der Waals surface area contributed by atoms with E-state index in [1.807, 2.05) is 0 Å². The molecule has 5 nitrogen and oxygen atoms in total. The molecule has 0 saturated carbocycles. The lowest BCUT2D eigenvalue weighted by molar-refractivity contribution is -0.138. The van der Waals surface area contributed by atoms with Gasteiger partial charge < -0.3 is 5.73 Å². The molecule has 3 rings (SSSR count). The van der Waals surface area contributed by atoms with Crippen molar-refractivity contribution in [1.82, 2.24) is 19.7 Å². The van der Waals surface area contributed by atoms with Crippen molar-refractivity contribution >= 4 is 17.0 Å². The van der Waals surface area contributed by atoms with Crippen LogP contribution in [0.5, 0.6) is 0 Å². The zero-order valence-corrected chi connectivity index (χ0v) is 11.2. The predicted octanol–water partition coefficient (Wildman–Crippen LogP) is 2.99. The molecule has 3 aromatic rings. The third-order valence-electron chi connectivity index (χ3n) is 2.65. The molecule has 0 saturated heterocycles. The van der Waals surface area contributed by atoms with Crippen molar-refractivity contribution < 1.29 is 13.2 Å². The Morgan fingerprint density at radius 3 is 2.67 bits per heavy atom. The normalized spacial score (nSPS) is 11.8. The van der Waals surface area contributed by atoms with Gasteiger partial charge in [0.15, 0.2) is 0 Å². The van der Waals surface area contributed by atoms with Crippen molar-refractivity contribution in [2.45, 2.75) is 6.18 Å². The van der Waals surface area contributed by atoms with Gasteiger partial charge in [-0.1, -0.05) is 23.5 Å². The monoisotopic (exact) mass is 311 g/mol. The summed E-state index contributed by atoms with van der Waals surface area (Å²) in [6, 6.07) is 6.90. The summed E-state index contributed by atoms with van der Waals surface area (Å²) in [6.45, 7) is 0. The van der Waals surface area contributed by atoms with Crippen LogP contribution in [0.3, 0.4) is 0 Å². The Labute approximate surface area is 120 Å². The Balaban J connectivity index is 2.05. The molecule has 0 bridgehead atoms. The van der Waals surface area contributed by atoms with Gasteiger partial charge in [0.05, 0.1) is 0 Å². The summed E-state index contributed by atoms with van der Waals surface area (Å²) in [5.74, 6) is 0.451. The largest absolute Gasteiger partial charge is 0.445 e. The van der Waals surface area contributed by atoms with E-state index >= 15 is 0 Å². The molecule has 108 valence electrons. The minimum Gasteiger partial charge on any atom is -0.399 e. The van der Waals surface area contributed by atoms with Crippen molar-refractivity contribution in [2.75, 3.05) is 5.73 Å². The number of halogens is 3. The van der Waals surface area contributed by atoms with Crippen LogP contribution < -0.4 is 5.73 Å². The van der Waals surface area contributed by atoms with Gasteiger partial charge in [0, 0.05) is 23.6 Å².